The molecule has 1 amide bonds. The summed E-state index contributed by atoms with van der Waals surface area (Å²) < 4.78 is 12.1. The lowest BCUT2D eigenvalue weighted by Gasteiger charge is -2.18. The maximum atomic E-state index is 12.6. The summed E-state index contributed by atoms with van der Waals surface area (Å²) in [6, 6.07) is 7.24. The van der Waals surface area contributed by atoms with E-state index in [1.54, 1.807) is 31.2 Å². The Labute approximate surface area is 175 Å². The van der Waals surface area contributed by atoms with Crippen molar-refractivity contribution in [3.63, 3.8) is 0 Å². The molecule has 1 saturated heterocycles. The Morgan fingerprint density at radius 2 is 1.97 bits per heavy atom. The second kappa shape index (κ2) is 8.77. The van der Waals surface area contributed by atoms with Gasteiger partial charge in [-0.2, -0.15) is 5.10 Å². The Kier molecular flexibility index (Phi) is 5.92. The summed E-state index contributed by atoms with van der Waals surface area (Å²) in [7, 11) is 3.18. The van der Waals surface area contributed by atoms with Crippen molar-refractivity contribution in [3.8, 4) is 11.5 Å². The van der Waals surface area contributed by atoms with E-state index in [0.717, 1.165) is 24.2 Å². The molecule has 2 heterocycles. The molecule has 0 bridgehead atoms. The number of carbonyl (C=O) groups excluding carboxylic acids is 1. The summed E-state index contributed by atoms with van der Waals surface area (Å²) in [5.41, 5.74) is 1.67. The topological polar surface area (TPSA) is 85.7 Å². The van der Waals surface area contributed by atoms with Gasteiger partial charge in [0.25, 0.3) is 5.56 Å². The Morgan fingerprint density at radius 1 is 1.17 bits per heavy atom. The lowest BCUT2D eigenvalue weighted by Crippen LogP contribution is -2.33. The van der Waals surface area contributed by atoms with Crippen LogP contribution in [0.3, 0.4) is 0 Å². The number of amides is 1. The molecule has 1 atom stereocenters. The lowest BCUT2D eigenvalue weighted by molar-refractivity contribution is -0.124. The van der Waals surface area contributed by atoms with E-state index in [-0.39, 0.29) is 17.4 Å². The second-order valence-corrected chi connectivity index (χ2v) is 8.02. The fourth-order valence-electron chi connectivity index (χ4n) is 3.81. The van der Waals surface area contributed by atoms with Crippen LogP contribution in [-0.2, 0) is 17.9 Å². The van der Waals surface area contributed by atoms with Crippen LogP contribution in [0.15, 0.2) is 35.3 Å². The largest absolute Gasteiger partial charge is 0.493 e. The standard InChI is InChI=1S/C22H28N4O4/c1-29-19-6-5-16(9-20(19)30-2)11-23-22(28)17-7-8-25(14-17)18-10-21(27)26(24-12-18)13-15-3-4-15/h5-6,9-10,12,15,17H,3-4,7-8,11,13-14H2,1-2H3,(H,23,28). The molecule has 1 aromatic carbocycles. The van der Waals surface area contributed by atoms with E-state index < -0.39 is 0 Å². The van der Waals surface area contributed by atoms with Crippen molar-refractivity contribution < 1.29 is 14.3 Å². The van der Waals surface area contributed by atoms with Crippen molar-refractivity contribution in [1.82, 2.24) is 15.1 Å². The molecule has 0 spiro atoms. The van der Waals surface area contributed by atoms with Gasteiger partial charge in [0, 0.05) is 32.2 Å². The van der Waals surface area contributed by atoms with Gasteiger partial charge in [-0.15, -0.1) is 0 Å². The molecule has 1 N–H and O–H groups in total. The first-order valence-corrected chi connectivity index (χ1v) is 10.4. The molecule has 4 rings (SSSR count). The van der Waals surface area contributed by atoms with Crippen LogP contribution in [0.2, 0.25) is 0 Å². The summed E-state index contributed by atoms with van der Waals surface area (Å²) in [6.45, 7) is 2.46. The number of rotatable bonds is 8. The normalized spacial score (nSPS) is 18.3. The zero-order chi connectivity index (χ0) is 21.1. The van der Waals surface area contributed by atoms with E-state index >= 15 is 0 Å². The van der Waals surface area contributed by atoms with E-state index in [1.807, 2.05) is 18.2 Å². The molecule has 8 heteroatoms. The molecule has 2 fully saturated rings. The molecule has 1 aliphatic heterocycles. The number of anilines is 1. The Balaban J connectivity index is 1.32. The zero-order valence-electron chi connectivity index (χ0n) is 17.5. The number of aromatic nitrogens is 2. The summed E-state index contributed by atoms with van der Waals surface area (Å²) >= 11 is 0. The van der Waals surface area contributed by atoms with Crippen LogP contribution >= 0.6 is 0 Å². The number of methoxy groups -OCH3 is 2. The summed E-state index contributed by atoms with van der Waals surface area (Å²) in [5.74, 6) is 1.81. The van der Waals surface area contributed by atoms with Crippen molar-refractivity contribution in [2.24, 2.45) is 11.8 Å². The van der Waals surface area contributed by atoms with E-state index in [2.05, 4.69) is 15.3 Å². The average Bonchev–Trinajstić information content (AvgIpc) is 3.44. The third kappa shape index (κ3) is 4.58. The van der Waals surface area contributed by atoms with Gasteiger partial charge < -0.3 is 19.7 Å². The number of carbonyl (C=O) groups is 1. The third-order valence-electron chi connectivity index (χ3n) is 5.82. The molecule has 1 aromatic heterocycles. The van der Waals surface area contributed by atoms with Gasteiger partial charge in [0.15, 0.2) is 11.5 Å². The van der Waals surface area contributed by atoms with Crippen LogP contribution in [-0.4, -0.2) is 43.0 Å². The van der Waals surface area contributed by atoms with Crippen LogP contribution in [0.4, 0.5) is 5.69 Å². The summed E-state index contributed by atoms with van der Waals surface area (Å²) in [5, 5.41) is 7.33. The Morgan fingerprint density at radius 3 is 2.67 bits per heavy atom. The molecule has 2 aromatic rings. The monoisotopic (exact) mass is 412 g/mol. The van der Waals surface area contributed by atoms with Crippen LogP contribution in [0.1, 0.15) is 24.8 Å². The van der Waals surface area contributed by atoms with Crippen LogP contribution < -0.4 is 25.2 Å². The third-order valence-corrected chi connectivity index (χ3v) is 5.82. The van der Waals surface area contributed by atoms with Gasteiger partial charge in [0.2, 0.25) is 5.91 Å². The van der Waals surface area contributed by atoms with Gasteiger partial charge in [-0.1, -0.05) is 6.07 Å². The first-order valence-electron chi connectivity index (χ1n) is 10.4. The van der Waals surface area contributed by atoms with E-state index in [4.69, 9.17) is 9.47 Å². The highest BCUT2D eigenvalue weighted by Crippen LogP contribution is 2.30. The van der Waals surface area contributed by atoms with Crippen molar-refractivity contribution in [2.75, 3.05) is 32.2 Å². The molecule has 2 aliphatic rings. The first kappa shape index (κ1) is 20.3. The van der Waals surface area contributed by atoms with Gasteiger partial charge in [0.1, 0.15) is 0 Å². The van der Waals surface area contributed by atoms with Gasteiger partial charge in [0.05, 0.1) is 32.0 Å². The highest BCUT2D eigenvalue weighted by atomic mass is 16.5. The van der Waals surface area contributed by atoms with Gasteiger partial charge in [-0.25, -0.2) is 4.68 Å². The highest BCUT2D eigenvalue weighted by Gasteiger charge is 2.29. The molecule has 30 heavy (non-hydrogen) atoms. The highest BCUT2D eigenvalue weighted by molar-refractivity contribution is 5.80. The zero-order valence-corrected chi connectivity index (χ0v) is 17.5. The predicted molar refractivity (Wildman–Crippen MR) is 113 cm³/mol. The van der Waals surface area contributed by atoms with Gasteiger partial charge in [-0.3, -0.25) is 9.59 Å². The molecule has 0 radical (unpaired) electrons. The molecular formula is C22H28N4O4. The minimum atomic E-state index is -0.112. The average molecular weight is 412 g/mol. The summed E-state index contributed by atoms with van der Waals surface area (Å²) in [4.78, 5) is 27.0. The van der Waals surface area contributed by atoms with E-state index in [9.17, 15) is 9.59 Å². The molecule has 160 valence electrons. The molecular weight excluding hydrogens is 384 g/mol. The maximum Gasteiger partial charge on any atom is 0.268 e. The first-order chi connectivity index (χ1) is 14.6. The molecule has 8 nitrogen and oxygen atoms in total. The van der Waals surface area contributed by atoms with Gasteiger partial charge >= 0.3 is 0 Å². The Bertz CT molecular complexity index is 970. The van der Waals surface area contributed by atoms with Crippen LogP contribution in [0, 0.1) is 11.8 Å². The summed E-state index contributed by atoms with van der Waals surface area (Å²) in [6.07, 6.45) is 4.86. The maximum absolute atomic E-state index is 12.6. The van der Waals surface area contributed by atoms with Crippen molar-refractivity contribution in [3.05, 3.63) is 46.4 Å². The minimum Gasteiger partial charge on any atom is -0.493 e. The quantitative estimate of drug-likeness (QED) is 0.712. The lowest BCUT2D eigenvalue weighted by atomic mass is 10.1. The molecule has 1 aliphatic carbocycles. The van der Waals surface area contributed by atoms with Crippen molar-refractivity contribution >= 4 is 11.6 Å². The Hall–Kier alpha value is -3.03. The molecule has 1 saturated carbocycles. The number of hydrogen-bond acceptors (Lipinski definition) is 6. The minimum absolute atomic E-state index is 0.0160. The fraction of sp³-hybridized carbons (Fsp3) is 0.500. The number of nitrogens with one attached hydrogen (secondary N) is 1. The molecule has 1 unspecified atom stereocenters. The predicted octanol–water partition coefficient (Wildman–Crippen LogP) is 1.81. The van der Waals surface area contributed by atoms with E-state index in [0.29, 0.717) is 37.1 Å². The smallest absolute Gasteiger partial charge is 0.268 e. The van der Waals surface area contributed by atoms with Crippen molar-refractivity contribution in [1.29, 1.82) is 0 Å². The van der Waals surface area contributed by atoms with E-state index in [1.165, 1.54) is 12.8 Å². The SMILES string of the molecule is COc1ccc(CNC(=O)C2CCN(c3cnn(CC4CC4)c(=O)c3)C2)cc1OC. The second-order valence-electron chi connectivity index (χ2n) is 8.02. The number of nitrogens with zero attached hydrogens (tertiary/aromatic N) is 3. The van der Waals surface area contributed by atoms with Crippen LogP contribution in [0.25, 0.3) is 0 Å². The fourth-order valence-corrected chi connectivity index (χ4v) is 3.81. The van der Waals surface area contributed by atoms with Gasteiger partial charge in [-0.05, 0) is 42.9 Å². The van der Waals surface area contributed by atoms with Crippen molar-refractivity contribution in [2.45, 2.75) is 32.4 Å². The van der Waals surface area contributed by atoms with Crippen LogP contribution in [0.5, 0.6) is 11.5 Å². The number of ether oxygens (including phenoxy) is 2. The number of benzene rings is 1. The number of hydrogen-bond donors (Lipinski definition) is 1.